The minimum absolute atomic E-state index is 0.153. The van der Waals surface area contributed by atoms with E-state index in [0.717, 1.165) is 6.42 Å². The number of aromatic amines is 1. The molecule has 1 unspecified atom stereocenters. The monoisotopic (exact) mass is 306 g/mol. The van der Waals surface area contributed by atoms with Crippen LogP contribution in [0.25, 0.3) is 0 Å². The van der Waals surface area contributed by atoms with E-state index in [0.29, 0.717) is 18.5 Å². The Hall–Kier alpha value is -1.81. The third kappa shape index (κ3) is 3.45. The average Bonchev–Trinajstić information content (AvgIpc) is 2.47. The summed E-state index contributed by atoms with van der Waals surface area (Å²) in [7, 11) is 0. The number of nitrogens with zero attached hydrogens (tertiary/aromatic N) is 1. The van der Waals surface area contributed by atoms with Gasteiger partial charge >= 0.3 is 5.69 Å². The lowest BCUT2D eigenvalue weighted by Crippen LogP contribution is -2.37. The van der Waals surface area contributed by atoms with Crippen molar-refractivity contribution in [3.8, 4) is 0 Å². The molecule has 1 aromatic carbocycles. The molecule has 0 fully saturated rings. The molecule has 2 aromatic rings. The molecule has 0 amide bonds. The molecule has 0 saturated heterocycles. The lowest BCUT2D eigenvalue weighted by atomic mass is 9.98. The fourth-order valence-electron chi connectivity index (χ4n) is 2.37. The van der Waals surface area contributed by atoms with Gasteiger partial charge in [-0.15, -0.1) is 0 Å². The summed E-state index contributed by atoms with van der Waals surface area (Å²) in [5, 5.41) is 0.153. The molecule has 112 valence electrons. The summed E-state index contributed by atoms with van der Waals surface area (Å²) in [6.45, 7) is 4.32. The Morgan fingerprint density at radius 1 is 1.24 bits per heavy atom. The number of aromatic nitrogens is 2. The zero-order valence-corrected chi connectivity index (χ0v) is 13.0. The second-order valence-electron chi connectivity index (χ2n) is 5.13. The summed E-state index contributed by atoms with van der Waals surface area (Å²) in [4.78, 5) is 26.7. The molecule has 2 rings (SSSR count). The molecule has 1 aromatic heterocycles. The number of nitrogens with one attached hydrogen (secondary N) is 1. The first-order chi connectivity index (χ1) is 10.0. The number of halogens is 1. The first-order valence-corrected chi connectivity index (χ1v) is 7.48. The van der Waals surface area contributed by atoms with Crippen molar-refractivity contribution < 1.29 is 0 Å². The van der Waals surface area contributed by atoms with Crippen LogP contribution in [-0.2, 0) is 13.0 Å². The molecule has 0 aliphatic rings. The maximum Gasteiger partial charge on any atom is 0.329 e. The summed E-state index contributed by atoms with van der Waals surface area (Å²) in [5.74, 6) is 0.276. The highest BCUT2D eigenvalue weighted by atomic mass is 35.5. The SMILES string of the molecule is CCc1c(Cl)[nH]c(=O)n(CCC(C)c2ccccc2)c1=O. The van der Waals surface area contributed by atoms with E-state index < -0.39 is 5.69 Å². The standard InChI is InChI=1S/C16H19ClN2O2/c1-3-13-14(17)18-16(21)19(15(13)20)10-9-11(2)12-7-5-4-6-8-12/h4-8,11H,3,9-10H2,1-2H3,(H,18,21). The van der Waals surface area contributed by atoms with E-state index in [-0.39, 0.29) is 16.6 Å². The lowest BCUT2D eigenvalue weighted by Gasteiger charge is -2.13. The number of rotatable bonds is 5. The van der Waals surface area contributed by atoms with Crippen LogP contribution >= 0.6 is 11.6 Å². The van der Waals surface area contributed by atoms with Gasteiger partial charge in [0.1, 0.15) is 5.15 Å². The summed E-state index contributed by atoms with van der Waals surface area (Å²) in [5.41, 5.74) is 0.935. The average molecular weight is 307 g/mol. The number of hydrogen-bond donors (Lipinski definition) is 1. The van der Waals surface area contributed by atoms with Crippen molar-refractivity contribution in [1.29, 1.82) is 0 Å². The zero-order chi connectivity index (χ0) is 15.4. The van der Waals surface area contributed by atoms with E-state index in [4.69, 9.17) is 11.6 Å². The van der Waals surface area contributed by atoms with Crippen LogP contribution in [0.5, 0.6) is 0 Å². The topological polar surface area (TPSA) is 54.9 Å². The van der Waals surface area contributed by atoms with Crippen LogP contribution in [-0.4, -0.2) is 9.55 Å². The summed E-state index contributed by atoms with van der Waals surface area (Å²) in [6, 6.07) is 10.1. The van der Waals surface area contributed by atoms with Crippen LogP contribution < -0.4 is 11.2 Å². The molecule has 5 heteroatoms. The lowest BCUT2D eigenvalue weighted by molar-refractivity contribution is 0.539. The van der Waals surface area contributed by atoms with Crippen molar-refractivity contribution in [2.24, 2.45) is 0 Å². The molecular weight excluding hydrogens is 288 g/mol. The smallest absolute Gasteiger partial charge is 0.297 e. The Bertz CT molecular complexity index is 719. The minimum Gasteiger partial charge on any atom is -0.297 e. The third-order valence-corrected chi connectivity index (χ3v) is 4.06. The second-order valence-corrected chi connectivity index (χ2v) is 5.51. The van der Waals surface area contributed by atoms with Crippen LogP contribution in [0.2, 0.25) is 5.15 Å². The molecule has 0 radical (unpaired) electrons. The molecule has 1 atom stereocenters. The Morgan fingerprint density at radius 2 is 1.90 bits per heavy atom. The normalized spacial score (nSPS) is 12.3. The van der Waals surface area contributed by atoms with Gasteiger partial charge in [-0.05, 0) is 24.3 Å². The Kier molecular flexibility index (Phi) is 5.02. The van der Waals surface area contributed by atoms with Crippen molar-refractivity contribution >= 4 is 11.6 Å². The quantitative estimate of drug-likeness (QED) is 0.864. The first kappa shape index (κ1) is 15.6. The first-order valence-electron chi connectivity index (χ1n) is 7.11. The van der Waals surface area contributed by atoms with Gasteiger partial charge in [0.2, 0.25) is 0 Å². The van der Waals surface area contributed by atoms with Gasteiger partial charge in [-0.25, -0.2) is 4.79 Å². The van der Waals surface area contributed by atoms with Crippen LogP contribution in [0.1, 0.15) is 37.3 Å². The molecule has 21 heavy (non-hydrogen) atoms. The maximum atomic E-state index is 12.2. The highest BCUT2D eigenvalue weighted by Gasteiger charge is 2.12. The molecule has 0 aliphatic carbocycles. The fraction of sp³-hybridized carbons (Fsp3) is 0.375. The third-order valence-electron chi connectivity index (χ3n) is 3.74. The van der Waals surface area contributed by atoms with Crippen molar-refractivity contribution in [1.82, 2.24) is 9.55 Å². The summed E-state index contributed by atoms with van der Waals surface area (Å²) in [6.07, 6.45) is 1.22. The van der Waals surface area contributed by atoms with Crippen LogP contribution in [0.3, 0.4) is 0 Å². The molecule has 1 N–H and O–H groups in total. The highest BCUT2D eigenvalue weighted by molar-refractivity contribution is 6.30. The largest absolute Gasteiger partial charge is 0.329 e. The molecule has 1 heterocycles. The number of benzene rings is 1. The van der Waals surface area contributed by atoms with Gasteiger partial charge in [0.15, 0.2) is 0 Å². The van der Waals surface area contributed by atoms with Gasteiger partial charge in [-0.3, -0.25) is 14.3 Å². The van der Waals surface area contributed by atoms with Gasteiger partial charge in [0.05, 0.1) is 5.56 Å². The van der Waals surface area contributed by atoms with Crippen molar-refractivity contribution in [3.63, 3.8) is 0 Å². The summed E-state index contributed by atoms with van der Waals surface area (Å²) < 4.78 is 1.24. The molecular formula is C16H19ClN2O2. The summed E-state index contributed by atoms with van der Waals surface area (Å²) >= 11 is 5.90. The highest BCUT2D eigenvalue weighted by Crippen LogP contribution is 2.18. The molecule has 0 spiro atoms. The van der Waals surface area contributed by atoms with Gasteiger partial charge in [-0.2, -0.15) is 0 Å². The van der Waals surface area contributed by atoms with Crippen LogP contribution in [0.15, 0.2) is 39.9 Å². The van der Waals surface area contributed by atoms with E-state index >= 15 is 0 Å². The van der Waals surface area contributed by atoms with Gasteiger partial charge in [0.25, 0.3) is 5.56 Å². The Labute approximate surface area is 128 Å². The zero-order valence-electron chi connectivity index (χ0n) is 12.2. The number of H-pyrrole nitrogens is 1. The van der Waals surface area contributed by atoms with Crippen LogP contribution in [0.4, 0.5) is 0 Å². The van der Waals surface area contributed by atoms with Crippen molar-refractivity contribution in [3.05, 3.63) is 67.4 Å². The van der Waals surface area contributed by atoms with Gasteiger partial charge < -0.3 is 0 Å². The number of hydrogen-bond acceptors (Lipinski definition) is 2. The minimum atomic E-state index is -0.442. The van der Waals surface area contributed by atoms with Crippen molar-refractivity contribution in [2.45, 2.75) is 39.2 Å². The van der Waals surface area contributed by atoms with Gasteiger partial charge in [0, 0.05) is 6.54 Å². The van der Waals surface area contributed by atoms with Crippen molar-refractivity contribution in [2.75, 3.05) is 0 Å². The van der Waals surface area contributed by atoms with E-state index in [1.54, 1.807) is 0 Å². The molecule has 4 nitrogen and oxygen atoms in total. The molecule has 0 saturated carbocycles. The Morgan fingerprint density at radius 3 is 2.52 bits per heavy atom. The van der Waals surface area contributed by atoms with E-state index in [1.165, 1.54) is 10.1 Å². The Balaban J connectivity index is 2.21. The van der Waals surface area contributed by atoms with Gasteiger partial charge in [-0.1, -0.05) is 55.8 Å². The second kappa shape index (κ2) is 6.76. The van der Waals surface area contributed by atoms with Crippen LogP contribution in [0, 0.1) is 0 Å². The maximum absolute atomic E-state index is 12.2. The van der Waals surface area contributed by atoms with E-state index in [1.807, 2.05) is 25.1 Å². The fourth-order valence-corrected chi connectivity index (χ4v) is 2.66. The predicted octanol–water partition coefficient (Wildman–Crippen LogP) is 2.95. The van der Waals surface area contributed by atoms with E-state index in [9.17, 15) is 9.59 Å². The predicted molar refractivity (Wildman–Crippen MR) is 85.2 cm³/mol. The van der Waals surface area contributed by atoms with E-state index in [2.05, 4.69) is 24.0 Å². The molecule has 0 aliphatic heterocycles. The molecule has 0 bridgehead atoms.